The van der Waals surface area contributed by atoms with E-state index in [0.717, 1.165) is 75.0 Å². The first kappa shape index (κ1) is 16.4. The van der Waals surface area contributed by atoms with E-state index in [1.54, 1.807) is 0 Å². The van der Waals surface area contributed by atoms with Gasteiger partial charge in [0.15, 0.2) is 5.69 Å². The molecule has 0 aromatic carbocycles. The highest BCUT2D eigenvalue weighted by Gasteiger charge is 2.29. The zero-order valence-corrected chi connectivity index (χ0v) is 14.9. The SMILES string of the molecule is Cc1ccc(CN2CCc3c(C(=O)N4CCN(C)CC4)n[nH]c3C2)o1. The Morgan fingerprint density at radius 3 is 2.76 bits per heavy atom. The maximum absolute atomic E-state index is 12.8. The zero-order valence-electron chi connectivity index (χ0n) is 14.9. The van der Waals surface area contributed by atoms with Crippen LogP contribution in [0.2, 0.25) is 0 Å². The molecule has 2 aromatic heterocycles. The average Bonchev–Trinajstić information content (AvgIpc) is 3.21. The summed E-state index contributed by atoms with van der Waals surface area (Å²) in [5.74, 6) is 1.99. The van der Waals surface area contributed by atoms with E-state index in [9.17, 15) is 4.79 Å². The summed E-state index contributed by atoms with van der Waals surface area (Å²) in [7, 11) is 2.09. The molecule has 1 fully saturated rings. The molecule has 1 amide bonds. The molecule has 7 heteroatoms. The van der Waals surface area contributed by atoms with Gasteiger partial charge in [-0.3, -0.25) is 14.8 Å². The Kier molecular flexibility index (Phi) is 4.35. The number of carbonyl (C=O) groups excluding carboxylic acids is 1. The first-order valence-electron chi connectivity index (χ1n) is 8.92. The molecule has 134 valence electrons. The number of fused-ring (bicyclic) bond motifs is 1. The number of furan rings is 1. The fourth-order valence-electron chi connectivity index (χ4n) is 3.64. The molecule has 0 aliphatic carbocycles. The molecule has 0 radical (unpaired) electrons. The lowest BCUT2D eigenvalue weighted by atomic mass is 10.0. The predicted molar refractivity (Wildman–Crippen MR) is 93.3 cm³/mol. The second-order valence-corrected chi connectivity index (χ2v) is 7.10. The van der Waals surface area contributed by atoms with Crippen LogP contribution in [-0.4, -0.2) is 70.6 Å². The lowest BCUT2D eigenvalue weighted by molar-refractivity contribution is 0.0656. The smallest absolute Gasteiger partial charge is 0.274 e. The molecule has 25 heavy (non-hydrogen) atoms. The van der Waals surface area contributed by atoms with Crippen molar-refractivity contribution in [1.82, 2.24) is 24.9 Å². The van der Waals surface area contributed by atoms with Crippen LogP contribution in [0.5, 0.6) is 0 Å². The summed E-state index contributed by atoms with van der Waals surface area (Å²) in [6, 6.07) is 4.02. The van der Waals surface area contributed by atoms with Crippen molar-refractivity contribution in [3.05, 3.63) is 40.6 Å². The summed E-state index contributed by atoms with van der Waals surface area (Å²) in [4.78, 5) is 19.3. The molecule has 1 saturated heterocycles. The molecule has 0 saturated carbocycles. The van der Waals surface area contributed by atoms with Crippen molar-refractivity contribution in [2.75, 3.05) is 39.8 Å². The molecular weight excluding hydrogens is 318 g/mol. The van der Waals surface area contributed by atoms with Crippen molar-refractivity contribution >= 4 is 5.91 Å². The first-order valence-corrected chi connectivity index (χ1v) is 8.92. The van der Waals surface area contributed by atoms with Gasteiger partial charge in [-0.1, -0.05) is 0 Å². The average molecular weight is 343 g/mol. The Hall–Kier alpha value is -2.12. The van der Waals surface area contributed by atoms with Crippen molar-refractivity contribution in [3.63, 3.8) is 0 Å². The fraction of sp³-hybridized carbons (Fsp3) is 0.556. The zero-order chi connectivity index (χ0) is 17.4. The third-order valence-corrected chi connectivity index (χ3v) is 5.18. The maximum atomic E-state index is 12.8. The minimum Gasteiger partial charge on any atom is -0.465 e. The van der Waals surface area contributed by atoms with Gasteiger partial charge in [-0.2, -0.15) is 5.10 Å². The number of carbonyl (C=O) groups is 1. The van der Waals surface area contributed by atoms with E-state index in [1.165, 1.54) is 0 Å². The first-order chi connectivity index (χ1) is 12.1. The topological polar surface area (TPSA) is 68.6 Å². The van der Waals surface area contributed by atoms with Gasteiger partial charge >= 0.3 is 0 Å². The Morgan fingerprint density at radius 2 is 2.04 bits per heavy atom. The fourth-order valence-corrected chi connectivity index (χ4v) is 3.64. The van der Waals surface area contributed by atoms with Crippen LogP contribution < -0.4 is 0 Å². The lowest BCUT2D eigenvalue weighted by Crippen LogP contribution is -2.47. The van der Waals surface area contributed by atoms with Crippen LogP contribution in [0.15, 0.2) is 16.5 Å². The van der Waals surface area contributed by atoms with Crippen LogP contribution >= 0.6 is 0 Å². The van der Waals surface area contributed by atoms with E-state index in [0.29, 0.717) is 5.69 Å². The number of aromatic nitrogens is 2. The summed E-state index contributed by atoms with van der Waals surface area (Å²) in [6.07, 6.45) is 0.848. The molecule has 7 nitrogen and oxygen atoms in total. The van der Waals surface area contributed by atoms with Gasteiger partial charge in [-0.15, -0.1) is 0 Å². The van der Waals surface area contributed by atoms with E-state index in [4.69, 9.17) is 4.42 Å². The Morgan fingerprint density at radius 1 is 1.24 bits per heavy atom. The van der Waals surface area contributed by atoms with Gasteiger partial charge < -0.3 is 14.2 Å². The highest BCUT2D eigenvalue weighted by Crippen LogP contribution is 2.23. The summed E-state index contributed by atoms with van der Waals surface area (Å²) in [5, 5.41) is 7.45. The van der Waals surface area contributed by atoms with Crippen molar-refractivity contribution in [2.45, 2.75) is 26.4 Å². The second kappa shape index (κ2) is 6.65. The van der Waals surface area contributed by atoms with Crippen LogP contribution in [0.4, 0.5) is 0 Å². The summed E-state index contributed by atoms with van der Waals surface area (Å²) in [5.41, 5.74) is 2.77. The number of nitrogens with one attached hydrogen (secondary N) is 1. The van der Waals surface area contributed by atoms with Crippen LogP contribution in [0.25, 0.3) is 0 Å². The van der Waals surface area contributed by atoms with E-state index in [-0.39, 0.29) is 5.91 Å². The summed E-state index contributed by atoms with van der Waals surface area (Å²) in [6.45, 7) is 7.84. The van der Waals surface area contributed by atoms with Crippen LogP contribution in [-0.2, 0) is 19.5 Å². The summed E-state index contributed by atoms with van der Waals surface area (Å²) < 4.78 is 5.67. The number of hydrogen-bond acceptors (Lipinski definition) is 5. The molecule has 2 aliphatic heterocycles. The van der Waals surface area contributed by atoms with Gasteiger partial charge in [-0.25, -0.2) is 0 Å². The minimum absolute atomic E-state index is 0.0701. The Balaban J connectivity index is 1.44. The van der Waals surface area contributed by atoms with E-state index in [2.05, 4.69) is 27.0 Å². The number of aryl methyl sites for hydroxylation is 1. The largest absolute Gasteiger partial charge is 0.465 e. The number of rotatable bonds is 3. The van der Waals surface area contributed by atoms with Crippen LogP contribution in [0, 0.1) is 6.92 Å². The van der Waals surface area contributed by atoms with Crippen LogP contribution in [0.1, 0.15) is 33.3 Å². The number of nitrogens with zero attached hydrogens (tertiary/aromatic N) is 4. The van der Waals surface area contributed by atoms with E-state index >= 15 is 0 Å². The monoisotopic (exact) mass is 343 g/mol. The van der Waals surface area contributed by atoms with Crippen molar-refractivity contribution in [2.24, 2.45) is 0 Å². The third kappa shape index (κ3) is 3.34. The molecule has 4 heterocycles. The number of piperazine rings is 1. The molecule has 0 atom stereocenters. The number of likely N-dealkylation sites (N-methyl/N-ethyl adjacent to an activating group) is 1. The van der Waals surface area contributed by atoms with E-state index in [1.807, 2.05) is 24.0 Å². The maximum Gasteiger partial charge on any atom is 0.274 e. The number of H-pyrrole nitrogens is 1. The van der Waals surface area contributed by atoms with Gasteiger partial charge in [0.25, 0.3) is 5.91 Å². The molecule has 0 bridgehead atoms. The van der Waals surface area contributed by atoms with Gasteiger partial charge in [0, 0.05) is 44.8 Å². The van der Waals surface area contributed by atoms with Crippen molar-refractivity contribution < 1.29 is 9.21 Å². The second-order valence-electron chi connectivity index (χ2n) is 7.10. The number of aromatic amines is 1. The highest BCUT2D eigenvalue weighted by atomic mass is 16.3. The Labute approximate surface area is 147 Å². The van der Waals surface area contributed by atoms with Gasteiger partial charge in [0.2, 0.25) is 0 Å². The molecule has 0 spiro atoms. The third-order valence-electron chi connectivity index (χ3n) is 5.18. The molecule has 2 aliphatic rings. The molecule has 1 N–H and O–H groups in total. The molecular formula is C18H25N5O2. The van der Waals surface area contributed by atoms with Crippen molar-refractivity contribution in [1.29, 1.82) is 0 Å². The normalized spacial score (nSPS) is 19.2. The summed E-state index contributed by atoms with van der Waals surface area (Å²) >= 11 is 0. The number of hydrogen-bond donors (Lipinski definition) is 1. The van der Waals surface area contributed by atoms with E-state index < -0.39 is 0 Å². The van der Waals surface area contributed by atoms with Crippen LogP contribution in [0.3, 0.4) is 0 Å². The predicted octanol–water partition coefficient (Wildman–Crippen LogP) is 1.26. The molecule has 2 aromatic rings. The molecule has 0 unspecified atom stereocenters. The van der Waals surface area contributed by atoms with Gasteiger partial charge in [0.05, 0.1) is 12.2 Å². The molecule has 4 rings (SSSR count). The Bertz CT molecular complexity index is 757. The van der Waals surface area contributed by atoms with Gasteiger partial charge in [-0.05, 0) is 32.5 Å². The minimum atomic E-state index is 0.0701. The number of amides is 1. The highest BCUT2D eigenvalue weighted by molar-refractivity contribution is 5.94. The van der Waals surface area contributed by atoms with Crippen molar-refractivity contribution in [3.8, 4) is 0 Å². The quantitative estimate of drug-likeness (QED) is 0.909. The standard InChI is InChI=1S/C18H25N5O2/c1-13-3-4-14(25-13)11-22-6-5-15-16(12-22)19-20-17(15)18(24)23-9-7-21(2)8-10-23/h3-4H,5-12H2,1-2H3,(H,19,20). The lowest BCUT2D eigenvalue weighted by Gasteiger charge is -2.32. The van der Waals surface area contributed by atoms with Gasteiger partial charge in [0.1, 0.15) is 11.5 Å².